The van der Waals surface area contributed by atoms with E-state index in [-0.39, 0.29) is 23.8 Å². The van der Waals surface area contributed by atoms with Gasteiger partial charge in [-0.25, -0.2) is 4.98 Å². The Hall–Kier alpha value is -2.34. The number of hydrogen-bond acceptors (Lipinski definition) is 4. The van der Waals surface area contributed by atoms with Gasteiger partial charge in [0, 0.05) is 31.0 Å². The fourth-order valence-electron chi connectivity index (χ4n) is 1.88. The minimum Gasteiger partial charge on any atom is -0.507 e. The van der Waals surface area contributed by atoms with E-state index in [1.165, 1.54) is 6.07 Å². The first-order valence-corrected chi connectivity index (χ1v) is 6.38. The molecule has 0 radical (unpaired) electrons. The van der Waals surface area contributed by atoms with Gasteiger partial charge in [-0.1, -0.05) is 12.1 Å². The van der Waals surface area contributed by atoms with Crippen molar-refractivity contribution < 1.29 is 15.0 Å². The van der Waals surface area contributed by atoms with Gasteiger partial charge < -0.3 is 20.1 Å². The van der Waals surface area contributed by atoms with E-state index in [0.717, 1.165) is 13.0 Å². The van der Waals surface area contributed by atoms with Crippen molar-refractivity contribution in [1.82, 2.24) is 14.9 Å². The summed E-state index contributed by atoms with van der Waals surface area (Å²) in [5.74, 6) is -0.509. The fraction of sp³-hybridized carbons (Fsp3) is 0.286. The number of amides is 1. The van der Waals surface area contributed by atoms with E-state index in [1.54, 1.807) is 24.7 Å². The van der Waals surface area contributed by atoms with Crippen LogP contribution in [0.2, 0.25) is 0 Å². The normalized spacial score (nSPS) is 10.4. The Morgan fingerprint density at radius 1 is 1.40 bits per heavy atom. The Labute approximate surface area is 116 Å². The van der Waals surface area contributed by atoms with Crippen LogP contribution in [0, 0.1) is 0 Å². The van der Waals surface area contributed by atoms with Crippen molar-refractivity contribution in [2.24, 2.45) is 0 Å². The number of aromatic hydroxyl groups is 1. The minimum absolute atomic E-state index is 0.165. The van der Waals surface area contributed by atoms with Crippen LogP contribution < -0.4 is 5.32 Å². The third-order valence-electron chi connectivity index (χ3n) is 2.97. The average Bonchev–Trinajstić information content (AvgIpc) is 2.97. The van der Waals surface area contributed by atoms with E-state index >= 15 is 0 Å². The average molecular weight is 275 g/mol. The second-order valence-corrected chi connectivity index (χ2v) is 4.38. The van der Waals surface area contributed by atoms with Gasteiger partial charge >= 0.3 is 0 Å². The molecule has 2 aromatic rings. The van der Waals surface area contributed by atoms with Crippen molar-refractivity contribution in [1.29, 1.82) is 0 Å². The number of nitrogens with zero attached hydrogens (tertiary/aromatic N) is 2. The number of aryl methyl sites for hydroxylation is 1. The second kappa shape index (κ2) is 6.72. The molecule has 6 heteroatoms. The molecule has 106 valence electrons. The zero-order valence-electron chi connectivity index (χ0n) is 11.0. The third-order valence-corrected chi connectivity index (χ3v) is 2.97. The summed E-state index contributed by atoms with van der Waals surface area (Å²) >= 11 is 0. The molecule has 1 amide bonds. The SMILES string of the molecule is O=C(NCCCn1ccnc1)c1cccc(CO)c1O. The minimum atomic E-state index is -0.344. The van der Waals surface area contributed by atoms with Crippen LogP contribution in [-0.2, 0) is 13.2 Å². The number of aromatic nitrogens is 2. The molecule has 0 spiro atoms. The van der Waals surface area contributed by atoms with Gasteiger partial charge in [-0.2, -0.15) is 0 Å². The van der Waals surface area contributed by atoms with Gasteiger partial charge in [-0.15, -0.1) is 0 Å². The van der Waals surface area contributed by atoms with Gasteiger partial charge in [0.05, 0.1) is 18.5 Å². The lowest BCUT2D eigenvalue weighted by Crippen LogP contribution is -2.25. The maximum absolute atomic E-state index is 11.9. The van der Waals surface area contributed by atoms with Crippen molar-refractivity contribution in [2.75, 3.05) is 6.54 Å². The molecule has 0 saturated carbocycles. The number of rotatable bonds is 6. The maximum Gasteiger partial charge on any atom is 0.255 e. The van der Waals surface area contributed by atoms with Gasteiger partial charge in [-0.05, 0) is 12.5 Å². The predicted octanol–water partition coefficient (Wildman–Crippen LogP) is 0.901. The van der Waals surface area contributed by atoms with Crippen molar-refractivity contribution in [3.8, 4) is 5.75 Å². The monoisotopic (exact) mass is 275 g/mol. The summed E-state index contributed by atoms with van der Waals surface area (Å²) in [6.45, 7) is 0.969. The molecular weight excluding hydrogens is 258 g/mol. The predicted molar refractivity (Wildman–Crippen MR) is 73.2 cm³/mol. The molecule has 0 fully saturated rings. The van der Waals surface area contributed by atoms with Crippen LogP contribution in [0.1, 0.15) is 22.3 Å². The number of carbonyl (C=O) groups excluding carboxylic acids is 1. The van der Waals surface area contributed by atoms with Crippen LogP contribution in [0.15, 0.2) is 36.9 Å². The smallest absolute Gasteiger partial charge is 0.255 e. The Morgan fingerprint density at radius 2 is 2.25 bits per heavy atom. The lowest BCUT2D eigenvalue weighted by molar-refractivity contribution is 0.0949. The van der Waals surface area contributed by atoms with Crippen LogP contribution >= 0.6 is 0 Å². The van der Waals surface area contributed by atoms with Crippen LogP contribution in [0.3, 0.4) is 0 Å². The molecule has 0 atom stereocenters. The van der Waals surface area contributed by atoms with E-state index in [1.807, 2.05) is 10.8 Å². The van der Waals surface area contributed by atoms with Gasteiger partial charge in [0.2, 0.25) is 0 Å². The van der Waals surface area contributed by atoms with E-state index in [4.69, 9.17) is 5.11 Å². The molecule has 2 rings (SSSR count). The van der Waals surface area contributed by atoms with E-state index < -0.39 is 0 Å². The summed E-state index contributed by atoms with van der Waals surface area (Å²) in [6.07, 6.45) is 6.05. The summed E-state index contributed by atoms with van der Waals surface area (Å²) in [5.41, 5.74) is 0.523. The Bertz CT molecular complexity index is 567. The number of aliphatic hydroxyl groups is 1. The van der Waals surface area contributed by atoms with Crippen molar-refractivity contribution in [2.45, 2.75) is 19.6 Å². The first-order chi connectivity index (χ1) is 9.72. The van der Waals surface area contributed by atoms with E-state index in [2.05, 4.69) is 10.3 Å². The van der Waals surface area contributed by atoms with E-state index in [9.17, 15) is 9.90 Å². The number of phenols is 1. The molecule has 0 aliphatic heterocycles. The van der Waals surface area contributed by atoms with Crippen molar-refractivity contribution in [3.63, 3.8) is 0 Å². The fourth-order valence-corrected chi connectivity index (χ4v) is 1.88. The summed E-state index contributed by atoms with van der Waals surface area (Å²) in [5, 5.41) is 21.6. The van der Waals surface area contributed by atoms with Gasteiger partial charge in [0.15, 0.2) is 0 Å². The molecule has 20 heavy (non-hydrogen) atoms. The molecule has 0 saturated heterocycles. The summed E-state index contributed by atoms with van der Waals surface area (Å²) in [7, 11) is 0. The Morgan fingerprint density at radius 3 is 2.95 bits per heavy atom. The number of benzene rings is 1. The van der Waals surface area contributed by atoms with Gasteiger partial charge in [0.25, 0.3) is 5.91 Å². The van der Waals surface area contributed by atoms with Crippen LogP contribution in [0.5, 0.6) is 5.75 Å². The maximum atomic E-state index is 11.9. The van der Waals surface area contributed by atoms with Crippen LogP contribution in [0.4, 0.5) is 0 Å². The molecule has 0 aliphatic carbocycles. The highest BCUT2D eigenvalue weighted by molar-refractivity contribution is 5.97. The summed E-state index contributed by atoms with van der Waals surface area (Å²) in [6, 6.07) is 4.73. The first kappa shape index (κ1) is 14.1. The van der Waals surface area contributed by atoms with Crippen molar-refractivity contribution in [3.05, 3.63) is 48.0 Å². The highest BCUT2D eigenvalue weighted by Gasteiger charge is 2.12. The molecule has 6 nitrogen and oxygen atoms in total. The number of carbonyl (C=O) groups is 1. The molecular formula is C14H17N3O3. The molecule has 0 unspecified atom stereocenters. The molecule has 1 heterocycles. The van der Waals surface area contributed by atoms with E-state index in [0.29, 0.717) is 12.1 Å². The number of nitrogens with one attached hydrogen (secondary N) is 1. The zero-order valence-corrected chi connectivity index (χ0v) is 11.0. The standard InChI is InChI=1S/C14H17N3O3/c18-9-11-3-1-4-12(13(11)19)14(20)16-5-2-7-17-8-6-15-10-17/h1,3-4,6,8,10,18-19H,2,5,7,9H2,(H,16,20). The van der Waals surface area contributed by atoms with Crippen LogP contribution in [0.25, 0.3) is 0 Å². The lowest BCUT2D eigenvalue weighted by Gasteiger charge is -2.09. The number of imidazole rings is 1. The quantitative estimate of drug-likeness (QED) is 0.684. The van der Waals surface area contributed by atoms with Gasteiger partial charge in [-0.3, -0.25) is 4.79 Å². The zero-order chi connectivity index (χ0) is 14.4. The Balaban J connectivity index is 1.86. The molecule has 1 aromatic carbocycles. The van der Waals surface area contributed by atoms with Crippen LogP contribution in [-0.4, -0.2) is 32.2 Å². The number of para-hydroxylation sites is 1. The molecule has 3 N–H and O–H groups in total. The molecule has 0 bridgehead atoms. The largest absolute Gasteiger partial charge is 0.507 e. The lowest BCUT2D eigenvalue weighted by atomic mass is 10.1. The van der Waals surface area contributed by atoms with Crippen molar-refractivity contribution >= 4 is 5.91 Å². The number of aliphatic hydroxyl groups excluding tert-OH is 1. The topological polar surface area (TPSA) is 87.4 Å². The molecule has 1 aromatic heterocycles. The van der Waals surface area contributed by atoms with Gasteiger partial charge in [0.1, 0.15) is 5.75 Å². The summed E-state index contributed by atoms with van der Waals surface area (Å²) in [4.78, 5) is 15.9. The Kier molecular flexibility index (Phi) is 4.73. The number of hydrogen-bond donors (Lipinski definition) is 3. The summed E-state index contributed by atoms with van der Waals surface area (Å²) < 4.78 is 1.93. The highest BCUT2D eigenvalue weighted by atomic mass is 16.3. The third kappa shape index (κ3) is 3.36. The second-order valence-electron chi connectivity index (χ2n) is 4.38. The highest BCUT2D eigenvalue weighted by Crippen LogP contribution is 2.22. The first-order valence-electron chi connectivity index (χ1n) is 6.38. The molecule has 0 aliphatic rings.